The Kier molecular flexibility index (Phi) is 5.54. The van der Waals surface area contributed by atoms with Gasteiger partial charge in [0.2, 0.25) is 0 Å². The Morgan fingerprint density at radius 2 is 2.05 bits per heavy atom. The third-order valence-electron chi connectivity index (χ3n) is 3.56. The standard InChI is InChI=1S/C15H24FN3O2/c1-6-21-14(20)10-7-13(11(16)8-12(10)17)18-9-15(2,3)19(4)5/h7-8,18H,6,9,17H2,1-5H3. The first-order valence-electron chi connectivity index (χ1n) is 6.86. The lowest BCUT2D eigenvalue weighted by molar-refractivity contribution is 0.0527. The summed E-state index contributed by atoms with van der Waals surface area (Å²) in [6.45, 7) is 6.52. The fourth-order valence-corrected chi connectivity index (χ4v) is 1.58. The highest BCUT2D eigenvalue weighted by Gasteiger charge is 2.21. The topological polar surface area (TPSA) is 67.6 Å². The van der Waals surface area contributed by atoms with Crippen molar-refractivity contribution in [3.63, 3.8) is 0 Å². The second-order valence-electron chi connectivity index (χ2n) is 5.70. The molecule has 0 amide bonds. The zero-order valence-electron chi connectivity index (χ0n) is 13.3. The van der Waals surface area contributed by atoms with E-state index in [-0.39, 0.29) is 29.1 Å². The van der Waals surface area contributed by atoms with E-state index in [0.717, 1.165) is 6.07 Å². The number of nitrogens with zero attached hydrogens (tertiary/aromatic N) is 1. The minimum Gasteiger partial charge on any atom is -0.462 e. The van der Waals surface area contributed by atoms with Crippen molar-refractivity contribution in [2.24, 2.45) is 0 Å². The van der Waals surface area contributed by atoms with E-state index in [9.17, 15) is 9.18 Å². The number of likely N-dealkylation sites (N-methyl/N-ethyl adjacent to an activating group) is 1. The molecule has 0 aromatic heterocycles. The molecule has 21 heavy (non-hydrogen) atoms. The van der Waals surface area contributed by atoms with Crippen molar-refractivity contribution in [3.05, 3.63) is 23.5 Å². The van der Waals surface area contributed by atoms with Crippen LogP contribution in [-0.2, 0) is 4.74 Å². The molecule has 0 atom stereocenters. The number of nitrogens with two attached hydrogens (primary N) is 1. The smallest absolute Gasteiger partial charge is 0.340 e. The van der Waals surface area contributed by atoms with E-state index in [1.165, 1.54) is 6.07 Å². The molecule has 3 N–H and O–H groups in total. The van der Waals surface area contributed by atoms with Gasteiger partial charge in [-0.3, -0.25) is 0 Å². The van der Waals surface area contributed by atoms with Gasteiger partial charge in [-0.2, -0.15) is 0 Å². The van der Waals surface area contributed by atoms with Gasteiger partial charge in [-0.15, -0.1) is 0 Å². The van der Waals surface area contributed by atoms with Gasteiger partial charge in [-0.25, -0.2) is 9.18 Å². The number of rotatable bonds is 6. The molecule has 5 nitrogen and oxygen atoms in total. The summed E-state index contributed by atoms with van der Waals surface area (Å²) in [7, 11) is 3.90. The molecule has 0 radical (unpaired) electrons. The molecule has 118 valence electrons. The summed E-state index contributed by atoms with van der Waals surface area (Å²) < 4.78 is 18.9. The van der Waals surface area contributed by atoms with Gasteiger partial charge in [0.05, 0.1) is 17.9 Å². The molecule has 1 aromatic rings. The predicted octanol–water partition coefficient (Wildman–Crippen LogP) is 2.34. The number of halogens is 1. The van der Waals surface area contributed by atoms with E-state index < -0.39 is 11.8 Å². The third kappa shape index (κ3) is 4.32. The third-order valence-corrected chi connectivity index (χ3v) is 3.56. The quantitative estimate of drug-likeness (QED) is 0.623. The van der Waals surface area contributed by atoms with Gasteiger partial charge in [0.25, 0.3) is 0 Å². The van der Waals surface area contributed by atoms with Crippen molar-refractivity contribution >= 4 is 17.3 Å². The molecule has 0 unspecified atom stereocenters. The number of nitrogen functional groups attached to an aromatic ring is 1. The van der Waals surface area contributed by atoms with Gasteiger partial charge >= 0.3 is 5.97 Å². The Morgan fingerprint density at radius 3 is 2.57 bits per heavy atom. The van der Waals surface area contributed by atoms with Crippen molar-refractivity contribution in [2.75, 3.05) is 38.3 Å². The highest BCUT2D eigenvalue weighted by atomic mass is 19.1. The second kappa shape index (κ2) is 6.76. The lowest BCUT2D eigenvalue weighted by Crippen LogP contribution is -2.44. The van der Waals surface area contributed by atoms with Gasteiger partial charge < -0.3 is 20.7 Å². The van der Waals surface area contributed by atoms with Crippen LogP contribution in [0.15, 0.2) is 12.1 Å². The molecule has 0 aliphatic rings. The Hall–Kier alpha value is -1.82. The second-order valence-corrected chi connectivity index (χ2v) is 5.70. The van der Waals surface area contributed by atoms with Crippen molar-refractivity contribution in [3.8, 4) is 0 Å². The number of carbonyl (C=O) groups excluding carboxylic acids is 1. The van der Waals surface area contributed by atoms with Crippen LogP contribution in [-0.4, -0.2) is 43.7 Å². The molecule has 0 aliphatic carbocycles. The molecule has 1 rings (SSSR count). The zero-order chi connectivity index (χ0) is 16.2. The SMILES string of the molecule is CCOC(=O)c1cc(NCC(C)(C)N(C)C)c(F)cc1N. The summed E-state index contributed by atoms with van der Waals surface area (Å²) in [5.74, 6) is -1.04. The molecular weight excluding hydrogens is 273 g/mol. The van der Waals surface area contributed by atoms with Gasteiger partial charge in [0.1, 0.15) is 5.82 Å². The number of nitrogens with one attached hydrogen (secondary N) is 1. The molecular formula is C15H24FN3O2. The number of esters is 1. The van der Waals surface area contributed by atoms with Crippen molar-refractivity contribution in [2.45, 2.75) is 26.3 Å². The Labute approximate surface area is 125 Å². The lowest BCUT2D eigenvalue weighted by Gasteiger charge is -2.33. The largest absolute Gasteiger partial charge is 0.462 e. The molecule has 1 aromatic carbocycles. The minimum absolute atomic E-state index is 0.0726. The Morgan fingerprint density at radius 1 is 1.43 bits per heavy atom. The van der Waals surface area contributed by atoms with Crippen LogP contribution < -0.4 is 11.1 Å². The molecule has 0 fully saturated rings. The molecule has 0 saturated heterocycles. The summed E-state index contributed by atoms with van der Waals surface area (Å²) >= 11 is 0. The first-order chi connectivity index (χ1) is 9.69. The number of anilines is 2. The lowest BCUT2D eigenvalue weighted by atomic mass is 10.0. The average Bonchev–Trinajstić information content (AvgIpc) is 2.37. The minimum atomic E-state index is -0.551. The Balaban J connectivity index is 2.98. The van der Waals surface area contributed by atoms with Crippen LogP contribution in [0.1, 0.15) is 31.1 Å². The van der Waals surface area contributed by atoms with Gasteiger partial charge in [-0.05, 0) is 47.0 Å². The first kappa shape index (κ1) is 17.2. The predicted molar refractivity (Wildman–Crippen MR) is 83.0 cm³/mol. The van der Waals surface area contributed by atoms with Crippen LogP contribution in [0.25, 0.3) is 0 Å². The van der Waals surface area contributed by atoms with Crippen molar-refractivity contribution in [1.29, 1.82) is 0 Å². The summed E-state index contributed by atoms with van der Waals surface area (Å²) in [6, 6.07) is 2.53. The number of carbonyl (C=O) groups is 1. The zero-order valence-corrected chi connectivity index (χ0v) is 13.3. The van der Waals surface area contributed by atoms with Gasteiger partial charge in [0, 0.05) is 17.8 Å². The molecule has 0 spiro atoms. The fraction of sp³-hybridized carbons (Fsp3) is 0.533. The summed E-state index contributed by atoms with van der Waals surface area (Å²) in [4.78, 5) is 13.8. The van der Waals surface area contributed by atoms with Crippen LogP contribution in [0.5, 0.6) is 0 Å². The highest BCUT2D eigenvalue weighted by Crippen LogP contribution is 2.24. The maximum Gasteiger partial charge on any atom is 0.340 e. The van der Waals surface area contributed by atoms with E-state index in [1.807, 2.05) is 32.8 Å². The monoisotopic (exact) mass is 297 g/mol. The maximum absolute atomic E-state index is 13.9. The van der Waals surface area contributed by atoms with Crippen molar-refractivity contribution < 1.29 is 13.9 Å². The van der Waals surface area contributed by atoms with Crippen LogP contribution in [0.4, 0.5) is 15.8 Å². The van der Waals surface area contributed by atoms with E-state index in [4.69, 9.17) is 10.5 Å². The van der Waals surface area contributed by atoms with Crippen LogP contribution in [0, 0.1) is 5.82 Å². The number of hydrogen-bond acceptors (Lipinski definition) is 5. The molecule has 6 heteroatoms. The van der Waals surface area contributed by atoms with Gasteiger partial charge in [-0.1, -0.05) is 0 Å². The van der Waals surface area contributed by atoms with E-state index in [0.29, 0.717) is 6.54 Å². The summed E-state index contributed by atoms with van der Waals surface area (Å²) in [5, 5.41) is 3.02. The Bertz CT molecular complexity index is 516. The molecule has 0 heterocycles. The van der Waals surface area contributed by atoms with E-state index >= 15 is 0 Å². The fourth-order valence-electron chi connectivity index (χ4n) is 1.58. The first-order valence-corrected chi connectivity index (χ1v) is 6.86. The van der Waals surface area contributed by atoms with Gasteiger partial charge in [0.15, 0.2) is 0 Å². The number of hydrogen-bond donors (Lipinski definition) is 2. The normalized spacial score (nSPS) is 11.6. The molecule has 0 saturated carbocycles. The van der Waals surface area contributed by atoms with Crippen LogP contribution in [0.2, 0.25) is 0 Å². The van der Waals surface area contributed by atoms with Crippen molar-refractivity contribution in [1.82, 2.24) is 4.90 Å². The maximum atomic E-state index is 13.9. The van der Waals surface area contributed by atoms with E-state index in [1.54, 1.807) is 6.92 Å². The average molecular weight is 297 g/mol. The summed E-state index contributed by atoms with van der Waals surface area (Å²) in [5.41, 5.74) is 5.99. The molecule has 0 aliphatic heterocycles. The van der Waals surface area contributed by atoms with Crippen LogP contribution in [0.3, 0.4) is 0 Å². The highest BCUT2D eigenvalue weighted by molar-refractivity contribution is 5.96. The number of benzene rings is 1. The van der Waals surface area contributed by atoms with Crippen LogP contribution >= 0.6 is 0 Å². The van der Waals surface area contributed by atoms with E-state index in [2.05, 4.69) is 5.32 Å². The molecule has 0 bridgehead atoms. The number of ether oxygens (including phenoxy) is 1. The summed E-state index contributed by atoms with van der Waals surface area (Å²) in [6.07, 6.45) is 0.